The van der Waals surface area contributed by atoms with Gasteiger partial charge in [0.1, 0.15) is 0 Å². The molecule has 1 amide bonds. The smallest absolute Gasteiger partial charge is 0.223 e. The van der Waals surface area contributed by atoms with Crippen LogP contribution in [-0.4, -0.2) is 50.5 Å². The van der Waals surface area contributed by atoms with Crippen molar-refractivity contribution in [2.24, 2.45) is 4.99 Å². The van der Waals surface area contributed by atoms with Gasteiger partial charge in [-0.1, -0.05) is 44.2 Å². The Morgan fingerprint density at radius 3 is 2.24 bits per heavy atom. The average molecular weight is 347 g/mol. The zero-order valence-electron chi connectivity index (χ0n) is 16.4. The van der Waals surface area contributed by atoms with Gasteiger partial charge in [0.25, 0.3) is 0 Å². The lowest BCUT2D eigenvalue weighted by atomic mass is 9.76. The van der Waals surface area contributed by atoms with Gasteiger partial charge in [-0.15, -0.1) is 0 Å². The summed E-state index contributed by atoms with van der Waals surface area (Å²) in [6, 6.07) is 10.6. The Morgan fingerprint density at radius 1 is 1.08 bits per heavy atom. The van der Waals surface area contributed by atoms with Gasteiger partial charge in [-0.05, 0) is 25.3 Å². The van der Waals surface area contributed by atoms with Gasteiger partial charge >= 0.3 is 0 Å². The van der Waals surface area contributed by atoms with E-state index in [-0.39, 0.29) is 11.3 Å². The number of hydrogen-bond acceptors (Lipinski definition) is 2. The van der Waals surface area contributed by atoms with Crippen LogP contribution in [0.4, 0.5) is 0 Å². The van der Waals surface area contributed by atoms with Crippen LogP contribution in [0.25, 0.3) is 0 Å². The minimum Gasteiger partial charge on any atom is -0.357 e. The summed E-state index contributed by atoms with van der Waals surface area (Å²) in [5.74, 6) is 0.889. The van der Waals surface area contributed by atoms with Crippen LogP contribution in [0.5, 0.6) is 0 Å². The van der Waals surface area contributed by atoms with Gasteiger partial charge in [0.15, 0.2) is 5.96 Å². The lowest BCUT2D eigenvalue weighted by Crippen LogP contribution is -2.40. The standard InChI is InChI=1S/C20H34N4O/c1-6-20(7-2,17-12-10-9-11-13-17)16-23-19(21-8-3)22-15-14-18(25)24(4)5/h9-13H,6-8,14-16H2,1-5H3,(H2,21,22,23). The molecule has 0 spiro atoms. The third kappa shape index (κ3) is 6.40. The number of aliphatic imine (C=N–C) groups is 1. The number of nitrogens with zero attached hydrogens (tertiary/aromatic N) is 2. The van der Waals surface area contributed by atoms with Gasteiger partial charge in [-0.2, -0.15) is 0 Å². The molecule has 0 saturated heterocycles. The van der Waals surface area contributed by atoms with Crippen LogP contribution in [0.1, 0.15) is 45.6 Å². The van der Waals surface area contributed by atoms with E-state index in [1.807, 2.05) is 6.92 Å². The van der Waals surface area contributed by atoms with E-state index in [0.29, 0.717) is 13.0 Å². The first-order chi connectivity index (χ1) is 12.0. The molecule has 1 aromatic rings. The molecule has 2 N–H and O–H groups in total. The Kier molecular flexibility index (Phi) is 9.03. The SMILES string of the molecule is CCNC(=NCC(CC)(CC)c1ccccc1)NCCC(=O)N(C)C. The summed E-state index contributed by atoms with van der Waals surface area (Å²) in [5.41, 5.74) is 1.38. The van der Waals surface area contributed by atoms with Crippen LogP contribution in [0.15, 0.2) is 35.3 Å². The summed E-state index contributed by atoms with van der Waals surface area (Å²) in [6.07, 6.45) is 2.54. The Balaban J connectivity index is 2.80. The highest BCUT2D eigenvalue weighted by Crippen LogP contribution is 2.31. The van der Waals surface area contributed by atoms with Gasteiger partial charge in [0.05, 0.1) is 6.54 Å². The van der Waals surface area contributed by atoms with E-state index < -0.39 is 0 Å². The molecule has 0 atom stereocenters. The van der Waals surface area contributed by atoms with E-state index >= 15 is 0 Å². The molecule has 1 aromatic carbocycles. The Bertz CT molecular complexity index is 536. The van der Waals surface area contributed by atoms with E-state index in [1.165, 1.54) is 5.56 Å². The molecular weight excluding hydrogens is 312 g/mol. The van der Waals surface area contributed by atoms with Gasteiger partial charge in [-0.25, -0.2) is 0 Å². The molecule has 0 aromatic heterocycles. The number of carbonyl (C=O) groups is 1. The highest BCUT2D eigenvalue weighted by Gasteiger charge is 2.28. The molecule has 0 radical (unpaired) electrons. The van der Waals surface area contributed by atoms with Crippen molar-refractivity contribution in [2.45, 2.75) is 45.4 Å². The first kappa shape index (κ1) is 21.0. The quantitative estimate of drug-likeness (QED) is 0.534. The zero-order chi connectivity index (χ0) is 18.7. The lowest BCUT2D eigenvalue weighted by molar-refractivity contribution is -0.128. The number of rotatable bonds is 9. The number of nitrogens with one attached hydrogen (secondary N) is 2. The summed E-state index contributed by atoms with van der Waals surface area (Å²) in [4.78, 5) is 18.1. The molecule has 0 fully saturated rings. The second-order valence-electron chi connectivity index (χ2n) is 6.51. The van der Waals surface area contributed by atoms with Crippen molar-refractivity contribution in [1.29, 1.82) is 0 Å². The third-order valence-electron chi connectivity index (χ3n) is 4.75. The minimum absolute atomic E-state index is 0.0447. The van der Waals surface area contributed by atoms with Crippen LogP contribution < -0.4 is 10.6 Å². The van der Waals surface area contributed by atoms with Crippen molar-refractivity contribution in [3.8, 4) is 0 Å². The van der Waals surface area contributed by atoms with Gasteiger partial charge in [0.2, 0.25) is 5.91 Å². The Labute approximate surface area is 152 Å². The minimum atomic E-state index is 0.0447. The molecule has 0 heterocycles. The predicted molar refractivity (Wildman–Crippen MR) is 106 cm³/mol. The van der Waals surface area contributed by atoms with Gasteiger partial charge in [0, 0.05) is 39.0 Å². The van der Waals surface area contributed by atoms with E-state index in [1.54, 1.807) is 19.0 Å². The first-order valence-corrected chi connectivity index (χ1v) is 9.27. The fourth-order valence-corrected chi connectivity index (χ4v) is 2.85. The molecule has 140 valence electrons. The van der Waals surface area contributed by atoms with Crippen molar-refractivity contribution in [3.05, 3.63) is 35.9 Å². The van der Waals surface area contributed by atoms with Crippen LogP contribution >= 0.6 is 0 Å². The van der Waals surface area contributed by atoms with Crippen molar-refractivity contribution < 1.29 is 4.79 Å². The summed E-state index contributed by atoms with van der Waals surface area (Å²) in [7, 11) is 3.55. The normalized spacial score (nSPS) is 12.0. The number of carbonyl (C=O) groups excluding carboxylic acids is 1. The van der Waals surface area contributed by atoms with Crippen LogP contribution in [0.2, 0.25) is 0 Å². The largest absolute Gasteiger partial charge is 0.357 e. The van der Waals surface area contributed by atoms with Crippen LogP contribution in [-0.2, 0) is 10.2 Å². The maximum Gasteiger partial charge on any atom is 0.223 e. The van der Waals surface area contributed by atoms with Crippen molar-refractivity contribution in [1.82, 2.24) is 15.5 Å². The topological polar surface area (TPSA) is 56.7 Å². The molecule has 25 heavy (non-hydrogen) atoms. The molecule has 0 aliphatic rings. The number of benzene rings is 1. The Morgan fingerprint density at radius 2 is 1.72 bits per heavy atom. The highest BCUT2D eigenvalue weighted by molar-refractivity contribution is 5.81. The zero-order valence-corrected chi connectivity index (χ0v) is 16.4. The molecular formula is C20H34N4O. The van der Waals surface area contributed by atoms with Crippen molar-refractivity contribution >= 4 is 11.9 Å². The summed E-state index contributed by atoms with van der Waals surface area (Å²) in [5, 5.41) is 6.54. The predicted octanol–water partition coefficient (Wildman–Crippen LogP) is 2.78. The average Bonchev–Trinajstić information content (AvgIpc) is 2.63. The molecule has 0 bridgehead atoms. The summed E-state index contributed by atoms with van der Waals surface area (Å²) in [6.45, 7) is 8.60. The lowest BCUT2D eigenvalue weighted by Gasteiger charge is -2.31. The van der Waals surface area contributed by atoms with Crippen LogP contribution in [0.3, 0.4) is 0 Å². The van der Waals surface area contributed by atoms with Crippen molar-refractivity contribution in [3.63, 3.8) is 0 Å². The highest BCUT2D eigenvalue weighted by atomic mass is 16.2. The van der Waals surface area contributed by atoms with E-state index in [0.717, 1.165) is 31.9 Å². The summed E-state index contributed by atoms with van der Waals surface area (Å²) >= 11 is 0. The Hall–Kier alpha value is -2.04. The number of hydrogen-bond donors (Lipinski definition) is 2. The van der Waals surface area contributed by atoms with Crippen LogP contribution in [0, 0.1) is 0 Å². The second-order valence-corrected chi connectivity index (χ2v) is 6.51. The maximum absolute atomic E-state index is 11.7. The van der Waals surface area contributed by atoms with E-state index in [2.05, 4.69) is 54.8 Å². The number of guanidine groups is 1. The maximum atomic E-state index is 11.7. The molecule has 0 aliphatic carbocycles. The molecule has 5 nitrogen and oxygen atoms in total. The molecule has 5 heteroatoms. The fraction of sp³-hybridized carbons (Fsp3) is 0.600. The van der Waals surface area contributed by atoms with E-state index in [4.69, 9.17) is 4.99 Å². The second kappa shape index (κ2) is 10.7. The molecule has 0 aliphatic heterocycles. The molecule has 0 unspecified atom stereocenters. The fourth-order valence-electron chi connectivity index (χ4n) is 2.85. The molecule has 1 rings (SSSR count). The first-order valence-electron chi connectivity index (χ1n) is 9.27. The molecule has 0 saturated carbocycles. The van der Waals surface area contributed by atoms with Gasteiger partial charge in [-0.3, -0.25) is 9.79 Å². The van der Waals surface area contributed by atoms with Crippen molar-refractivity contribution in [2.75, 3.05) is 33.7 Å². The summed E-state index contributed by atoms with van der Waals surface area (Å²) < 4.78 is 0. The van der Waals surface area contributed by atoms with Gasteiger partial charge < -0.3 is 15.5 Å². The monoisotopic (exact) mass is 346 g/mol. The number of amides is 1. The van der Waals surface area contributed by atoms with E-state index in [9.17, 15) is 4.79 Å². The third-order valence-corrected chi connectivity index (χ3v) is 4.75.